The van der Waals surface area contributed by atoms with Gasteiger partial charge in [-0.2, -0.15) is 0 Å². The average Bonchev–Trinajstić information content (AvgIpc) is 2.15. The van der Waals surface area contributed by atoms with Gasteiger partial charge in [0.15, 0.2) is 0 Å². The number of rotatable bonds is 2. The van der Waals surface area contributed by atoms with Crippen molar-refractivity contribution in [1.29, 1.82) is 0 Å². The lowest BCUT2D eigenvalue weighted by molar-refractivity contribution is 0.194. The minimum atomic E-state index is -0.983. The van der Waals surface area contributed by atoms with Crippen molar-refractivity contribution in [2.75, 3.05) is 4.90 Å². The number of anilines is 1. The molecule has 5 heteroatoms. The van der Waals surface area contributed by atoms with E-state index in [0.29, 0.717) is 5.69 Å². The van der Waals surface area contributed by atoms with Crippen LogP contribution < -0.4 is 4.90 Å². The van der Waals surface area contributed by atoms with Crippen molar-refractivity contribution >= 4 is 27.7 Å². The molecule has 1 fully saturated rings. The molecule has 0 radical (unpaired) electrons. The van der Waals surface area contributed by atoms with Crippen LogP contribution in [0.1, 0.15) is 19.3 Å². The molecule has 1 aliphatic rings. The molecule has 2 rings (SSSR count). The highest BCUT2D eigenvalue weighted by molar-refractivity contribution is 9.10. The van der Waals surface area contributed by atoms with E-state index in [1.807, 2.05) is 0 Å². The maximum Gasteiger partial charge on any atom is 0.412 e. The third-order valence-electron chi connectivity index (χ3n) is 2.83. The van der Waals surface area contributed by atoms with E-state index >= 15 is 0 Å². The summed E-state index contributed by atoms with van der Waals surface area (Å²) in [4.78, 5) is 12.5. The first-order chi connectivity index (χ1) is 7.59. The summed E-state index contributed by atoms with van der Waals surface area (Å²) in [5.41, 5.74) is 0.519. The first-order valence-electron chi connectivity index (χ1n) is 5.07. The van der Waals surface area contributed by atoms with Crippen molar-refractivity contribution in [3.63, 3.8) is 0 Å². The number of benzene rings is 1. The zero-order chi connectivity index (χ0) is 11.7. The average molecular weight is 288 g/mol. The smallest absolute Gasteiger partial charge is 0.412 e. The van der Waals surface area contributed by atoms with Crippen LogP contribution in [0.5, 0.6) is 0 Å². The van der Waals surface area contributed by atoms with Gasteiger partial charge in [0.25, 0.3) is 0 Å². The van der Waals surface area contributed by atoms with Gasteiger partial charge in [-0.3, -0.25) is 4.90 Å². The Labute approximate surface area is 101 Å². The SMILES string of the molecule is O=C(O)N(c1ccc(F)c(Br)c1)C1CCC1. The third-order valence-corrected chi connectivity index (χ3v) is 3.43. The Kier molecular flexibility index (Phi) is 3.14. The summed E-state index contributed by atoms with van der Waals surface area (Å²) < 4.78 is 13.3. The maximum atomic E-state index is 13.0. The summed E-state index contributed by atoms with van der Waals surface area (Å²) in [7, 11) is 0. The van der Waals surface area contributed by atoms with E-state index in [1.165, 1.54) is 23.1 Å². The molecule has 1 saturated carbocycles. The molecule has 0 heterocycles. The van der Waals surface area contributed by atoms with Gasteiger partial charge in [0.1, 0.15) is 5.82 Å². The standard InChI is InChI=1S/C11H11BrFNO2/c12-9-6-8(4-5-10(9)13)14(11(15)16)7-2-1-3-7/h4-7H,1-3H2,(H,15,16). The van der Waals surface area contributed by atoms with Crippen LogP contribution in [-0.2, 0) is 0 Å². The largest absolute Gasteiger partial charge is 0.465 e. The first kappa shape index (κ1) is 11.4. The summed E-state index contributed by atoms with van der Waals surface area (Å²) in [5, 5.41) is 9.14. The van der Waals surface area contributed by atoms with E-state index in [-0.39, 0.29) is 16.3 Å². The lowest BCUT2D eigenvalue weighted by Gasteiger charge is -2.35. The molecule has 0 aliphatic heterocycles. The molecule has 1 aliphatic carbocycles. The normalized spacial score (nSPS) is 15.6. The molecule has 86 valence electrons. The van der Waals surface area contributed by atoms with E-state index in [1.54, 1.807) is 0 Å². The van der Waals surface area contributed by atoms with Crippen molar-refractivity contribution < 1.29 is 14.3 Å². The fraction of sp³-hybridized carbons (Fsp3) is 0.364. The number of nitrogens with zero attached hydrogens (tertiary/aromatic N) is 1. The van der Waals surface area contributed by atoms with Gasteiger partial charge in [-0.1, -0.05) is 0 Å². The fourth-order valence-corrected chi connectivity index (χ4v) is 2.12. The Morgan fingerprint density at radius 3 is 2.62 bits per heavy atom. The maximum absolute atomic E-state index is 13.0. The number of carboxylic acid groups (broad SMARTS) is 1. The van der Waals surface area contributed by atoms with Crippen LogP contribution in [0.25, 0.3) is 0 Å². The van der Waals surface area contributed by atoms with E-state index in [2.05, 4.69) is 15.9 Å². The zero-order valence-electron chi connectivity index (χ0n) is 8.49. The van der Waals surface area contributed by atoms with Crippen LogP contribution in [0.3, 0.4) is 0 Å². The molecule has 1 N–H and O–H groups in total. The van der Waals surface area contributed by atoms with Crippen LogP contribution in [-0.4, -0.2) is 17.2 Å². The number of carbonyl (C=O) groups is 1. The Morgan fingerprint density at radius 2 is 2.19 bits per heavy atom. The summed E-state index contributed by atoms with van der Waals surface area (Å²) in [6, 6.07) is 4.30. The van der Waals surface area contributed by atoms with E-state index < -0.39 is 6.09 Å². The van der Waals surface area contributed by atoms with Crippen molar-refractivity contribution in [2.45, 2.75) is 25.3 Å². The lowest BCUT2D eigenvalue weighted by Crippen LogP contribution is -2.43. The first-order valence-corrected chi connectivity index (χ1v) is 5.86. The van der Waals surface area contributed by atoms with Gasteiger partial charge in [0.05, 0.1) is 4.47 Å². The minimum absolute atomic E-state index is 0.0369. The van der Waals surface area contributed by atoms with Gasteiger partial charge in [-0.25, -0.2) is 9.18 Å². The van der Waals surface area contributed by atoms with Gasteiger partial charge in [0, 0.05) is 11.7 Å². The molecule has 1 aromatic rings. The Hall–Kier alpha value is -1.10. The van der Waals surface area contributed by atoms with E-state index in [4.69, 9.17) is 5.11 Å². The van der Waals surface area contributed by atoms with Crippen LogP contribution in [0.4, 0.5) is 14.9 Å². The third kappa shape index (κ3) is 2.04. The predicted octanol–water partition coefficient (Wildman–Crippen LogP) is 3.63. The highest BCUT2D eigenvalue weighted by Crippen LogP contribution is 2.31. The van der Waals surface area contributed by atoms with Gasteiger partial charge in [0.2, 0.25) is 0 Å². The van der Waals surface area contributed by atoms with Gasteiger partial charge in [-0.05, 0) is 53.4 Å². The quantitative estimate of drug-likeness (QED) is 0.902. The van der Waals surface area contributed by atoms with E-state index in [9.17, 15) is 9.18 Å². The van der Waals surface area contributed by atoms with Gasteiger partial charge < -0.3 is 5.11 Å². The molecule has 0 unspecified atom stereocenters. The molecule has 0 bridgehead atoms. The molecule has 0 spiro atoms. The van der Waals surface area contributed by atoms with Gasteiger partial charge >= 0.3 is 6.09 Å². The molecular weight excluding hydrogens is 277 g/mol. The van der Waals surface area contributed by atoms with Crippen molar-refractivity contribution in [3.05, 3.63) is 28.5 Å². The molecule has 16 heavy (non-hydrogen) atoms. The summed E-state index contributed by atoms with van der Waals surface area (Å²) in [6.07, 6.45) is 1.82. The zero-order valence-corrected chi connectivity index (χ0v) is 10.1. The minimum Gasteiger partial charge on any atom is -0.465 e. The molecule has 0 saturated heterocycles. The Balaban J connectivity index is 2.31. The van der Waals surface area contributed by atoms with Crippen LogP contribution in [0.2, 0.25) is 0 Å². The number of hydrogen-bond acceptors (Lipinski definition) is 1. The van der Waals surface area contributed by atoms with Crippen molar-refractivity contribution in [2.24, 2.45) is 0 Å². The summed E-state index contributed by atoms with van der Waals surface area (Å²) >= 11 is 3.06. The molecular formula is C11H11BrFNO2. The highest BCUT2D eigenvalue weighted by atomic mass is 79.9. The fourth-order valence-electron chi connectivity index (χ4n) is 1.76. The monoisotopic (exact) mass is 287 g/mol. The second-order valence-electron chi connectivity index (χ2n) is 3.84. The Morgan fingerprint density at radius 1 is 1.50 bits per heavy atom. The van der Waals surface area contributed by atoms with Crippen LogP contribution >= 0.6 is 15.9 Å². The topological polar surface area (TPSA) is 40.5 Å². The molecule has 0 aromatic heterocycles. The molecule has 0 atom stereocenters. The summed E-state index contributed by atoms with van der Waals surface area (Å²) in [5.74, 6) is -0.386. The van der Waals surface area contributed by atoms with Crippen molar-refractivity contribution in [3.8, 4) is 0 Å². The number of halogens is 2. The second-order valence-corrected chi connectivity index (χ2v) is 4.69. The highest BCUT2D eigenvalue weighted by Gasteiger charge is 2.30. The van der Waals surface area contributed by atoms with Crippen LogP contribution in [0, 0.1) is 5.82 Å². The van der Waals surface area contributed by atoms with Crippen LogP contribution in [0.15, 0.2) is 22.7 Å². The number of amides is 1. The second kappa shape index (κ2) is 4.41. The Bertz CT molecular complexity index is 420. The predicted molar refractivity (Wildman–Crippen MR) is 62.2 cm³/mol. The molecule has 3 nitrogen and oxygen atoms in total. The number of hydrogen-bond donors (Lipinski definition) is 1. The lowest BCUT2D eigenvalue weighted by atomic mass is 9.91. The molecule has 1 amide bonds. The van der Waals surface area contributed by atoms with Gasteiger partial charge in [-0.15, -0.1) is 0 Å². The van der Waals surface area contributed by atoms with E-state index in [0.717, 1.165) is 19.3 Å². The molecule has 1 aromatic carbocycles. The summed E-state index contributed by atoms with van der Waals surface area (Å²) in [6.45, 7) is 0. The van der Waals surface area contributed by atoms with Crippen molar-refractivity contribution in [1.82, 2.24) is 0 Å².